The van der Waals surface area contributed by atoms with E-state index in [0.29, 0.717) is 28.1 Å². The Bertz CT molecular complexity index is 980. The molecule has 2 aromatic rings. The van der Waals surface area contributed by atoms with Gasteiger partial charge in [-0.15, -0.1) is 0 Å². The Labute approximate surface area is 169 Å². The molecule has 0 aliphatic carbocycles. The minimum absolute atomic E-state index is 0.0969. The van der Waals surface area contributed by atoms with Crippen molar-refractivity contribution in [2.45, 2.75) is 25.8 Å². The number of hydrogen-bond donors (Lipinski definition) is 0. The highest BCUT2D eigenvalue weighted by molar-refractivity contribution is 6.35. The van der Waals surface area contributed by atoms with Crippen molar-refractivity contribution in [2.24, 2.45) is 0 Å². The van der Waals surface area contributed by atoms with Gasteiger partial charge in [-0.05, 0) is 31.4 Å². The van der Waals surface area contributed by atoms with Gasteiger partial charge in [-0.1, -0.05) is 36.4 Å². The van der Waals surface area contributed by atoms with Crippen LogP contribution in [0.25, 0.3) is 5.57 Å². The number of hydrogen-bond acceptors (Lipinski definition) is 4. The molecule has 0 radical (unpaired) electrons. The van der Waals surface area contributed by atoms with Crippen LogP contribution in [-0.4, -0.2) is 41.8 Å². The summed E-state index contributed by atoms with van der Waals surface area (Å²) in [6, 6.07) is 13.4. The van der Waals surface area contributed by atoms with Crippen LogP contribution in [0.4, 0.5) is 4.39 Å². The second-order valence-electron chi connectivity index (χ2n) is 7.26. The third-order valence-electron chi connectivity index (χ3n) is 5.48. The summed E-state index contributed by atoms with van der Waals surface area (Å²) in [6.45, 7) is 1.35. The Hall–Kier alpha value is -3.15. The summed E-state index contributed by atoms with van der Waals surface area (Å²) in [7, 11) is 1.54. The number of imide groups is 1. The van der Waals surface area contributed by atoms with E-state index < -0.39 is 11.7 Å². The predicted molar refractivity (Wildman–Crippen MR) is 107 cm³/mol. The number of carbonyl (C=O) groups excluding carboxylic acids is 2. The van der Waals surface area contributed by atoms with Gasteiger partial charge < -0.3 is 9.64 Å². The van der Waals surface area contributed by atoms with Crippen molar-refractivity contribution in [1.29, 1.82) is 0 Å². The molecule has 5 nitrogen and oxygen atoms in total. The molecule has 0 unspecified atom stereocenters. The number of para-hydroxylation sites is 1. The minimum Gasteiger partial charge on any atom is -0.496 e. The van der Waals surface area contributed by atoms with Crippen molar-refractivity contribution in [1.82, 2.24) is 9.80 Å². The van der Waals surface area contributed by atoms with Crippen LogP contribution in [0, 0.1) is 5.82 Å². The third kappa shape index (κ3) is 3.50. The Balaban J connectivity index is 1.79. The highest BCUT2D eigenvalue weighted by Gasteiger charge is 2.42. The van der Waals surface area contributed by atoms with Gasteiger partial charge in [0.05, 0.1) is 19.2 Å². The van der Waals surface area contributed by atoms with E-state index >= 15 is 0 Å². The van der Waals surface area contributed by atoms with Gasteiger partial charge in [0.25, 0.3) is 11.8 Å². The van der Waals surface area contributed by atoms with Crippen LogP contribution in [0.5, 0.6) is 5.75 Å². The van der Waals surface area contributed by atoms with Crippen LogP contribution >= 0.6 is 0 Å². The molecular formula is C23H23FN2O3. The number of nitrogens with zero attached hydrogens (tertiary/aromatic N) is 2. The first-order valence-electron chi connectivity index (χ1n) is 9.84. The van der Waals surface area contributed by atoms with E-state index in [0.717, 1.165) is 37.3 Å². The van der Waals surface area contributed by atoms with E-state index in [1.54, 1.807) is 37.4 Å². The lowest BCUT2D eigenvalue weighted by Crippen LogP contribution is -2.37. The lowest BCUT2D eigenvalue weighted by atomic mass is 10.0. The Morgan fingerprint density at radius 2 is 1.62 bits per heavy atom. The molecule has 2 aromatic carbocycles. The fraction of sp³-hybridized carbons (Fsp3) is 0.304. The average Bonchev–Trinajstić information content (AvgIpc) is 3.00. The monoisotopic (exact) mass is 394 g/mol. The summed E-state index contributed by atoms with van der Waals surface area (Å²) >= 11 is 0. The average molecular weight is 394 g/mol. The number of benzene rings is 2. The molecule has 0 bridgehead atoms. The van der Waals surface area contributed by atoms with Crippen LogP contribution < -0.4 is 4.74 Å². The molecule has 2 heterocycles. The first kappa shape index (κ1) is 19.2. The van der Waals surface area contributed by atoms with Gasteiger partial charge >= 0.3 is 0 Å². The summed E-state index contributed by atoms with van der Waals surface area (Å²) in [5.41, 5.74) is 1.64. The highest BCUT2D eigenvalue weighted by Crippen LogP contribution is 2.37. The van der Waals surface area contributed by atoms with Crippen molar-refractivity contribution in [3.05, 3.63) is 71.2 Å². The largest absolute Gasteiger partial charge is 0.496 e. The van der Waals surface area contributed by atoms with Crippen molar-refractivity contribution >= 4 is 17.4 Å². The molecule has 1 saturated heterocycles. The summed E-state index contributed by atoms with van der Waals surface area (Å²) in [5.74, 6) is -0.686. The number of ether oxygens (including phenoxy) is 1. The summed E-state index contributed by atoms with van der Waals surface area (Å²) in [4.78, 5) is 29.9. The molecule has 2 aliphatic rings. The topological polar surface area (TPSA) is 49.9 Å². The van der Waals surface area contributed by atoms with Crippen molar-refractivity contribution in [3.63, 3.8) is 0 Å². The zero-order valence-corrected chi connectivity index (χ0v) is 16.4. The number of piperidine rings is 1. The van der Waals surface area contributed by atoms with E-state index in [9.17, 15) is 14.0 Å². The molecule has 0 saturated carbocycles. The molecule has 2 amide bonds. The van der Waals surface area contributed by atoms with Crippen LogP contribution in [0.1, 0.15) is 30.4 Å². The van der Waals surface area contributed by atoms with Crippen molar-refractivity contribution in [2.75, 3.05) is 20.2 Å². The quantitative estimate of drug-likeness (QED) is 0.727. The van der Waals surface area contributed by atoms with E-state index in [2.05, 4.69) is 0 Å². The van der Waals surface area contributed by atoms with E-state index in [1.165, 1.54) is 6.07 Å². The van der Waals surface area contributed by atoms with E-state index in [4.69, 9.17) is 4.74 Å². The van der Waals surface area contributed by atoms with Crippen LogP contribution in [0.15, 0.2) is 54.2 Å². The number of halogens is 1. The van der Waals surface area contributed by atoms with Gasteiger partial charge in [0.2, 0.25) is 0 Å². The molecule has 0 N–H and O–H groups in total. The zero-order chi connectivity index (χ0) is 20.4. The van der Waals surface area contributed by atoms with Crippen molar-refractivity contribution in [3.8, 4) is 5.75 Å². The Kier molecular flexibility index (Phi) is 5.34. The van der Waals surface area contributed by atoms with Gasteiger partial charge in [0, 0.05) is 24.2 Å². The maximum absolute atomic E-state index is 14.2. The predicted octanol–water partition coefficient (Wildman–Crippen LogP) is 3.60. The molecule has 0 aromatic heterocycles. The number of rotatable bonds is 5. The summed E-state index contributed by atoms with van der Waals surface area (Å²) < 4.78 is 19.6. The maximum Gasteiger partial charge on any atom is 0.278 e. The molecule has 6 heteroatoms. The standard InChI is InChI=1S/C23H23FN2O3/c1-29-19-12-6-4-10-17(19)20-21(25-13-7-2-8-14-25)23(28)26(22(20)27)15-16-9-3-5-11-18(16)24/h3-6,9-12H,2,7-8,13-15H2,1H3. The van der Waals surface area contributed by atoms with E-state index in [-0.39, 0.29) is 12.5 Å². The van der Waals surface area contributed by atoms with Gasteiger partial charge in [-0.25, -0.2) is 4.39 Å². The smallest absolute Gasteiger partial charge is 0.278 e. The number of amides is 2. The highest BCUT2D eigenvalue weighted by atomic mass is 19.1. The van der Waals surface area contributed by atoms with Gasteiger partial charge in [0.15, 0.2) is 0 Å². The second kappa shape index (κ2) is 8.07. The normalized spacial score (nSPS) is 17.3. The molecule has 2 aliphatic heterocycles. The molecule has 0 spiro atoms. The van der Waals surface area contributed by atoms with Crippen LogP contribution in [0.2, 0.25) is 0 Å². The fourth-order valence-corrected chi connectivity index (χ4v) is 4.01. The Morgan fingerprint density at radius 3 is 2.34 bits per heavy atom. The van der Waals surface area contributed by atoms with Crippen LogP contribution in [0.3, 0.4) is 0 Å². The minimum atomic E-state index is -0.432. The first-order valence-corrected chi connectivity index (χ1v) is 9.84. The third-order valence-corrected chi connectivity index (χ3v) is 5.48. The molecule has 1 fully saturated rings. The lowest BCUT2D eigenvalue weighted by Gasteiger charge is -2.29. The molecule has 0 atom stereocenters. The second-order valence-corrected chi connectivity index (χ2v) is 7.26. The number of methoxy groups -OCH3 is 1. The Morgan fingerprint density at radius 1 is 0.931 bits per heavy atom. The van der Waals surface area contributed by atoms with Gasteiger partial charge in [0.1, 0.15) is 17.3 Å². The summed E-state index contributed by atoms with van der Waals surface area (Å²) in [6.07, 6.45) is 3.05. The number of likely N-dealkylation sites (tertiary alicyclic amines) is 1. The first-order chi connectivity index (χ1) is 14.1. The lowest BCUT2D eigenvalue weighted by molar-refractivity contribution is -0.138. The summed E-state index contributed by atoms with van der Waals surface area (Å²) in [5, 5.41) is 0. The maximum atomic E-state index is 14.2. The SMILES string of the molecule is COc1ccccc1C1=C(N2CCCCC2)C(=O)N(Cc2ccccc2F)C1=O. The van der Waals surface area contributed by atoms with E-state index in [1.807, 2.05) is 17.0 Å². The van der Waals surface area contributed by atoms with Crippen LogP contribution in [-0.2, 0) is 16.1 Å². The zero-order valence-electron chi connectivity index (χ0n) is 16.4. The van der Waals surface area contributed by atoms with Gasteiger partial charge in [-0.2, -0.15) is 0 Å². The molecular weight excluding hydrogens is 371 g/mol. The van der Waals surface area contributed by atoms with Gasteiger partial charge in [-0.3, -0.25) is 14.5 Å². The molecule has 4 rings (SSSR count). The molecule has 150 valence electrons. The fourth-order valence-electron chi connectivity index (χ4n) is 4.01. The molecule has 29 heavy (non-hydrogen) atoms. The van der Waals surface area contributed by atoms with Crippen molar-refractivity contribution < 1.29 is 18.7 Å². The number of carbonyl (C=O) groups is 2.